The summed E-state index contributed by atoms with van der Waals surface area (Å²) in [4.78, 5) is 35.1. The van der Waals surface area contributed by atoms with Gasteiger partial charge >= 0.3 is 12.0 Å². The molecule has 3 amide bonds. The molecule has 2 N–H and O–H groups in total. The average Bonchev–Trinajstić information content (AvgIpc) is 2.67. The molecule has 0 saturated heterocycles. The first-order valence-corrected chi connectivity index (χ1v) is 8.54. The molecule has 0 saturated carbocycles. The van der Waals surface area contributed by atoms with E-state index < -0.39 is 31.1 Å². The van der Waals surface area contributed by atoms with E-state index in [1.807, 2.05) is 12.2 Å². The van der Waals surface area contributed by atoms with Crippen LogP contribution in [0.5, 0.6) is 11.5 Å². The van der Waals surface area contributed by atoms with Crippen LogP contribution in [0.1, 0.15) is 5.56 Å². The van der Waals surface area contributed by atoms with Gasteiger partial charge in [0.25, 0.3) is 5.91 Å². The number of imide groups is 1. The number of anilines is 1. The summed E-state index contributed by atoms with van der Waals surface area (Å²) in [6, 6.07) is 10.9. The first-order valence-electron chi connectivity index (χ1n) is 8.17. The van der Waals surface area contributed by atoms with Crippen molar-refractivity contribution in [2.45, 2.75) is 6.92 Å². The molecule has 0 heterocycles. The summed E-state index contributed by atoms with van der Waals surface area (Å²) in [5.74, 6) is -0.596. The van der Waals surface area contributed by atoms with E-state index in [-0.39, 0.29) is 0 Å². The number of methoxy groups -OCH3 is 1. The highest BCUT2D eigenvalue weighted by atomic mass is 35.5. The Labute approximate surface area is 166 Å². The quantitative estimate of drug-likeness (QED) is 0.685. The molecule has 0 radical (unpaired) electrons. The number of hydrogen-bond donors (Lipinski definition) is 2. The van der Waals surface area contributed by atoms with Crippen molar-refractivity contribution in [3.63, 3.8) is 0 Å². The molecular weight excluding hydrogens is 388 g/mol. The molecule has 8 nitrogen and oxygen atoms in total. The van der Waals surface area contributed by atoms with Crippen LogP contribution in [0.4, 0.5) is 10.5 Å². The minimum atomic E-state index is -0.784. The van der Waals surface area contributed by atoms with Crippen molar-refractivity contribution in [2.75, 3.05) is 25.6 Å². The molecule has 2 aromatic carbocycles. The molecule has 0 aliphatic carbocycles. The summed E-state index contributed by atoms with van der Waals surface area (Å²) >= 11 is 5.96. The maximum absolute atomic E-state index is 11.7. The van der Waals surface area contributed by atoms with Crippen LogP contribution in [0.15, 0.2) is 42.5 Å². The molecule has 0 fully saturated rings. The van der Waals surface area contributed by atoms with Gasteiger partial charge in [-0.1, -0.05) is 17.7 Å². The fourth-order valence-electron chi connectivity index (χ4n) is 2.04. The highest BCUT2D eigenvalue weighted by molar-refractivity contribution is 6.32. The number of benzene rings is 2. The van der Waals surface area contributed by atoms with Crippen molar-refractivity contribution in [1.82, 2.24) is 5.32 Å². The SMILES string of the molecule is COc1ccc(NC(=O)NC(=O)COC(=O)COc2cc(C)ccc2Cl)cc1. The van der Waals surface area contributed by atoms with Gasteiger partial charge in [-0.05, 0) is 48.9 Å². The number of carbonyl (C=O) groups is 3. The summed E-state index contributed by atoms with van der Waals surface area (Å²) in [6.07, 6.45) is 0. The topological polar surface area (TPSA) is 103 Å². The maximum Gasteiger partial charge on any atom is 0.344 e. The van der Waals surface area contributed by atoms with Crippen LogP contribution in [-0.2, 0) is 14.3 Å². The van der Waals surface area contributed by atoms with Gasteiger partial charge in [0.05, 0.1) is 12.1 Å². The molecule has 0 spiro atoms. The first kappa shape index (κ1) is 21.0. The minimum Gasteiger partial charge on any atom is -0.497 e. The van der Waals surface area contributed by atoms with Crippen molar-refractivity contribution < 1.29 is 28.6 Å². The highest BCUT2D eigenvalue weighted by Gasteiger charge is 2.12. The van der Waals surface area contributed by atoms with Gasteiger partial charge < -0.3 is 19.5 Å². The van der Waals surface area contributed by atoms with Crippen molar-refractivity contribution in [2.24, 2.45) is 0 Å². The number of aryl methyl sites for hydroxylation is 1. The molecule has 9 heteroatoms. The second-order valence-electron chi connectivity index (χ2n) is 5.61. The number of amides is 3. The smallest absolute Gasteiger partial charge is 0.344 e. The Morgan fingerprint density at radius 3 is 2.43 bits per heavy atom. The fourth-order valence-corrected chi connectivity index (χ4v) is 2.22. The molecule has 0 unspecified atom stereocenters. The van der Waals surface area contributed by atoms with Gasteiger partial charge in [0.2, 0.25) is 0 Å². The molecule has 2 rings (SSSR count). The molecule has 148 valence electrons. The summed E-state index contributed by atoms with van der Waals surface area (Å²) in [7, 11) is 1.52. The van der Waals surface area contributed by atoms with Gasteiger partial charge in [0.1, 0.15) is 11.5 Å². The van der Waals surface area contributed by atoms with Gasteiger partial charge in [0.15, 0.2) is 13.2 Å². The van der Waals surface area contributed by atoms with Crippen molar-refractivity contribution in [1.29, 1.82) is 0 Å². The molecular formula is C19H19ClN2O6. The Morgan fingerprint density at radius 2 is 1.75 bits per heavy atom. The van der Waals surface area contributed by atoms with Gasteiger partial charge in [-0.2, -0.15) is 0 Å². The van der Waals surface area contributed by atoms with Crippen molar-refractivity contribution in [3.05, 3.63) is 53.1 Å². The number of ether oxygens (including phenoxy) is 3. The number of halogens is 1. The standard InChI is InChI=1S/C19H19ClN2O6/c1-12-3-8-15(20)16(9-12)27-11-18(24)28-10-17(23)22-19(25)21-13-4-6-14(26-2)7-5-13/h3-9H,10-11H2,1-2H3,(H2,21,22,23,25). The summed E-state index contributed by atoms with van der Waals surface area (Å²) in [6.45, 7) is 0.803. The van der Waals surface area contributed by atoms with Crippen LogP contribution in [0, 0.1) is 6.92 Å². The Morgan fingerprint density at radius 1 is 1.04 bits per heavy atom. The molecule has 0 aromatic heterocycles. The van der Waals surface area contributed by atoms with Crippen LogP contribution in [0.2, 0.25) is 5.02 Å². The third kappa shape index (κ3) is 6.81. The van der Waals surface area contributed by atoms with Crippen LogP contribution in [-0.4, -0.2) is 38.2 Å². The predicted octanol–water partition coefficient (Wildman–Crippen LogP) is 2.93. The zero-order chi connectivity index (χ0) is 20.5. The van der Waals surface area contributed by atoms with Gasteiger partial charge in [-0.15, -0.1) is 0 Å². The third-order valence-electron chi connectivity index (χ3n) is 3.40. The zero-order valence-electron chi connectivity index (χ0n) is 15.3. The van der Waals surface area contributed by atoms with E-state index in [1.165, 1.54) is 7.11 Å². The molecule has 28 heavy (non-hydrogen) atoms. The lowest BCUT2D eigenvalue weighted by molar-refractivity contribution is -0.150. The number of urea groups is 1. The lowest BCUT2D eigenvalue weighted by atomic mass is 10.2. The minimum absolute atomic E-state index is 0.335. The van der Waals surface area contributed by atoms with Crippen molar-refractivity contribution >= 4 is 35.2 Å². The van der Waals surface area contributed by atoms with E-state index in [1.54, 1.807) is 42.5 Å². The highest BCUT2D eigenvalue weighted by Crippen LogP contribution is 2.25. The largest absolute Gasteiger partial charge is 0.497 e. The number of nitrogens with one attached hydrogen (secondary N) is 2. The Kier molecular flexibility index (Phi) is 7.65. The van der Waals surface area contributed by atoms with Gasteiger partial charge in [-0.25, -0.2) is 9.59 Å². The van der Waals surface area contributed by atoms with E-state index in [2.05, 4.69) is 5.32 Å². The molecule has 0 atom stereocenters. The summed E-state index contributed by atoms with van der Waals surface area (Å²) in [5, 5.41) is 4.86. The van der Waals surface area contributed by atoms with Crippen LogP contribution in [0.25, 0.3) is 0 Å². The predicted molar refractivity (Wildman–Crippen MR) is 103 cm³/mol. The lowest BCUT2D eigenvalue weighted by Crippen LogP contribution is -2.37. The van der Waals surface area contributed by atoms with Crippen LogP contribution in [0.3, 0.4) is 0 Å². The van der Waals surface area contributed by atoms with E-state index >= 15 is 0 Å². The zero-order valence-corrected chi connectivity index (χ0v) is 16.0. The summed E-state index contributed by atoms with van der Waals surface area (Å²) in [5.41, 5.74) is 1.38. The average molecular weight is 407 g/mol. The fraction of sp³-hybridized carbons (Fsp3) is 0.211. The molecule has 0 aliphatic heterocycles. The van der Waals surface area contributed by atoms with Gasteiger partial charge in [0, 0.05) is 5.69 Å². The number of carbonyl (C=O) groups excluding carboxylic acids is 3. The van der Waals surface area contributed by atoms with E-state index in [0.29, 0.717) is 22.2 Å². The second-order valence-corrected chi connectivity index (χ2v) is 6.02. The third-order valence-corrected chi connectivity index (χ3v) is 3.71. The van der Waals surface area contributed by atoms with E-state index in [9.17, 15) is 14.4 Å². The molecule has 2 aromatic rings. The van der Waals surface area contributed by atoms with Crippen molar-refractivity contribution in [3.8, 4) is 11.5 Å². The molecule has 0 aliphatic rings. The van der Waals surface area contributed by atoms with Gasteiger partial charge in [-0.3, -0.25) is 10.1 Å². The number of rotatable bonds is 7. The molecule has 0 bridgehead atoms. The maximum atomic E-state index is 11.7. The van der Waals surface area contributed by atoms with E-state index in [4.69, 9.17) is 25.8 Å². The monoisotopic (exact) mass is 406 g/mol. The lowest BCUT2D eigenvalue weighted by Gasteiger charge is -2.10. The first-order chi connectivity index (χ1) is 13.4. The van der Waals surface area contributed by atoms with E-state index in [0.717, 1.165) is 5.56 Å². The normalized spacial score (nSPS) is 9.96. The number of hydrogen-bond acceptors (Lipinski definition) is 6. The Balaban J connectivity index is 1.71. The second kappa shape index (κ2) is 10.2. The van der Waals surface area contributed by atoms with Crippen LogP contribution >= 0.6 is 11.6 Å². The Hall–Kier alpha value is -3.26. The summed E-state index contributed by atoms with van der Waals surface area (Å²) < 4.78 is 15.0. The Bertz CT molecular complexity index is 854. The van der Waals surface area contributed by atoms with Crippen LogP contribution < -0.4 is 20.1 Å². The number of esters is 1.